The van der Waals surface area contributed by atoms with Gasteiger partial charge in [0.1, 0.15) is 0 Å². The first-order valence-electron chi connectivity index (χ1n) is 9.03. The highest BCUT2D eigenvalue weighted by atomic mass is 16.2. The molecule has 2 unspecified atom stereocenters. The van der Waals surface area contributed by atoms with Gasteiger partial charge in [0.2, 0.25) is 17.7 Å². The predicted molar refractivity (Wildman–Crippen MR) is 92.8 cm³/mol. The van der Waals surface area contributed by atoms with Crippen molar-refractivity contribution in [3.8, 4) is 0 Å². The second-order valence-corrected chi connectivity index (χ2v) is 7.38. The van der Waals surface area contributed by atoms with Crippen LogP contribution in [0, 0.1) is 11.8 Å². The number of rotatable bonds is 3. The van der Waals surface area contributed by atoms with E-state index in [4.69, 9.17) is 5.73 Å². The average molecular weight is 341 g/mol. The van der Waals surface area contributed by atoms with E-state index in [0.29, 0.717) is 26.1 Å². The van der Waals surface area contributed by atoms with E-state index in [1.165, 1.54) is 17.5 Å². The minimum Gasteiger partial charge on any atom is -0.369 e. The molecule has 0 saturated carbocycles. The summed E-state index contributed by atoms with van der Waals surface area (Å²) in [5, 5.41) is 0. The molecule has 2 N–H and O–H groups in total. The number of hydrogen-bond acceptors (Lipinski definition) is 3. The highest BCUT2D eigenvalue weighted by Gasteiger charge is 2.40. The molecule has 3 aliphatic rings. The Balaban J connectivity index is 1.45. The van der Waals surface area contributed by atoms with Crippen LogP contribution in [0.25, 0.3) is 0 Å². The van der Waals surface area contributed by atoms with Gasteiger partial charge in [-0.15, -0.1) is 0 Å². The fourth-order valence-electron chi connectivity index (χ4n) is 4.30. The van der Waals surface area contributed by atoms with Crippen molar-refractivity contribution in [2.45, 2.75) is 32.1 Å². The molecule has 0 bridgehead atoms. The topological polar surface area (TPSA) is 83.7 Å². The van der Waals surface area contributed by atoms with Crippen LogP contribution in [0.4, 0.5) is 5.69 Å². The SMILES string of the molecule is NC(=O)C1CCN(C(=O)C2CC(=O)N(c3ccc4c(c3)CCC4)C2)C1. The Hall–Kier alpha value is -2.37. The van der Waals surface area contributed by atoms with Crippen LogP contribution in [-0.4, -0.2) is 42.3 Å². The van der Waals surface area contributed by atoms with Crippen LogP contribution >= 0.6 is 0 Å². The van der Waals surface area contributed by atoms with Crippen LogP contribution in [0.2, 0.25) is 0 Å². The molecule has 0 spiro atoms. The van der Waals surface area contributed by atoms with Gasteiger partial charge in [0.25, 0.3) is 0 Å². The molecule has 2 saturated heterocycles. The molecule has 2 fully saturated rings. The normalized spacial score (nSPS) is 25.5. The lowest BCUT2D eigenvalue weighted by atomic mass is 10.1. The summed E-state index contributed by atoms with van der Waals surface area (Å²) in [6.45, 7) is 1.36. The molecule has 2 atom stereocenters. The second-order valence-electron chi connectivity index (χ2n) is 7.38. The zero-order valence-electron chi connectivity index (χ0n) is 14.2. The molecular weight excluding hydrogens is 318 g/mol. The van der Waals surface area contributed by atoms with Crippen LogP contribution in [0.15, 0.2) is 18.2 Å². The Morgan fingerprint density at radius 3 is 2.64 bits per heavy atom. The maximum absolute atomic E-state index is 12.7. The van der Waals surface area contributed by atoms with Gasteiger partial charge < -0.3 is 15.5 Å². The summed E-state index contributed by atoms with van der Waals surface area (Å²) in [7, 11) is 0. The van der Waals surface area contributed by atoms with E-state index in [-0.39, 0.29) is 36.0 Å². The van der Waals surface area contributed by atoms with Crippen molar-refractivity contribution in [1.82, 2.24) is 4.90 Å². The van der Waals surface area contributed by atoms with Crippen LogP contribution in [0.5, 0.6) is 0 Å². The van der Waals surface area contributed by atoms with Crippen molar-refractivity contribution in [2.24, 2.45) is 17.6 Å². The van der Waals surface area contributed by atoms with Crippen molar-refractivity contribution in [3.63, 3.8) is 0 Å². The smallest absolute Gasteiger partial charge is 0.228 e. The minimum absolute atomic E-state index is 0.00180. The number of carbonyl (C=O) groups excluding carboxylic acids is 3. The van der Waals surface area contributed by atoms with E-state index in [1.807, 2.05) is 6.07 Å². The van der Waals surface area contributed by atoms with Crippen molar-refractivity contribution >= 4 is 23.4 Å². The minimum atomic E-state index is -0.349. The first kappa shape index (κ1) is 16.1. The fraction of sp³-hybridized carbons (Fsp3) is 0.526. The third kappa shape index (κ3) is 2.90. The Bertz CT molecular complexity index is 745. The molecular formula is C19H23N3O3. The molecule has 1 aromatic carbocycles. The van der Waals surface area contributed by atoms with E-state index in [2.05, 4.69) is 12.1 Å². The average Bonchev–Trinajstić information content (AvgIpc) is 3.32. The molecule has 2 aliphatic heterocycles. The summed E-state index contributed by atoms with van der Waals surface area (Å²) in [6.07, 6.45) is 4.21. The van der Waals surface area contributed by atoms with Crippen molar-refractivity contribution in [1.29, 1.82) is 0 Å². The van der Waals surface area contributed by atoms with Crippen LogP contribution in [0.1, 0.15) is 30.4 Å². The molecule has 0 aromatic heterocycles. The number of fused-ring (bicyclic) bond motifs is 1. The number of likely N-dealkylation sites (tertiary alicyclic amines) is 1. The standard InChI is InChI=1S/C19H23N3O3/c20-18(24)14-6-7-21(10-14)19(25)15-9-17(23)22(11-15)16-5-4-12-2-1-3-13(12)8-16/h4-5,8,14-15H,1-3,6-7,9-11H2,(H2,20,24). The summed E-state index contributed by atoms with van der Waals surface area (Å²) in [6, 6.07) is 6.21. The Labute approximate surface area is 147 Å². The van der Waals surface area contributed by atoms with Crippen molar-refractivity contribution in [3.05, 3.63) is 29.3 Å². The van der Waals surface area contributed by atoms with Gasteiger partial charge in [-0.05, 0) is 48.9 Å². The summed E-state index contributed by atoms with van der Waals surface area (Å²) in [4.78, 5) is 39.9. The lowest BCUT2D eigenvalue weighted by Crippen LogP contribution is -2.37. The first-order valence-corrected chi connectivity index (χ1v) is 9.03. The quantitative estimate of drug-likeness (QED) is 0.885. The highest BCUT2D eigenvalue weighted by Crippen LogP contribution is 2.31. The van der Waals surface area contributed by atoms with Crippen LogP contribution in [0.3, 0.4) is 0 Å². The number of nitrogens with zero attached hydrogens (tertiary/aromatic N) is 2. The molecule has 0 radical (unpaired) electrons. The number of anilines is 1. The molecule has 25 heavy (non-hydrogen) atoms. The van der Waals surface area contributed by atoms with E-state index in [1.54, 1.807) is 9.80 Å². The number of hydrogen-bond donors (Lipinski definition) is 1. The van der Waals surface area contributed by atoms with E-state index in [0.717, 1.165) is 18.5 Å². The maximum atomic E-state index is 12.7. The van der Waals surface area contributed by atoms with Gasteiger partial charge in [0.15, 0.2) is 0 Å². The second kappa shape index (κ2) is 6.17. The highest BCUT2D eigenvalue weighted by molar-refractivity contribution is 6.00. The number of nitrogens with two attached hydrogens (primary N) is 1. The summed E-state index contributed by atoms with van der Waals surface area (Å²) in [5.41, 5.74) is 8.94. The summed E-state index contributed by atoms with van der Waals surface area (Å²) >= 11 is 0. The lowest BCUT2D eigenvalue weighted by molar-refractivity contribution is -0.135. The van der Waals surface area contributed by atoms with Gasteiger partial charge >= 0.3 is 0 Å². The third-order valence-corrected chi connectivity index (χ3v) is 5.77. The third-order valence-electron chi connectivity index (χ3n) is 5.77. The van der Waals surface area contributed by atoms with Crippen LogP contribution < -0.4 is 10.6 Å². The Morgan fingerprint density at radius 1 is 1.08 bits per heavy atom. The number of amides is 3. The molecule has 132 valence electrons. The van der Waals surface area contributed by atoms with Gasteiger partial charge in [-0.2, -0.15) is 0 Å². The molecule has 2 heterocycles. The zero-order chi connectivity index (χ0) is 17.6. The van der Waals surface area contributed by atoms with E-state index < -0.39 is 0 Å². The summed E-state index contributed by atoms with van der Waals surface area (Å²) in [5.74, 6) is -0.957. The Morgan fingerprint density at radius 2 is 1.88 bits per heavy atom. The van der Waals surface area contributed by atoms with Gasteiger partial charge in [-0.25, -0.2) is 0 Å². The number of carbonyl (C=O) groups is 3. The summed E-state index contributed by atoms with van der Waals surface area (Å²) < 4.78 is 0. The number of primary amides is 1. The fourth-order valence-corrected chi connectivity index (χ4v) is 4.30. The van der Waals surface area contributed by atoms with Gasteiger partial charge in [-0.3, -0.25) is 14.4 Å². The maximum Gasteiger partial charge on any atom is 0.228 e. The molecule has 1 aliphatic carbocycles. The lowest BCUT2D eigenvalue weighted by Gasteiger charge is -2.21. The van der Waals surface area contributed by atoms with Gasteiger partial charge in [0, 0.05) is 31.7 Å². The first-order chi connectivity index (χ1) is 12.0. The molecule has 6 nitrogen and oxygen atoms in total. The van der Waals surface area contributed by atoms with E-state index in [9.17, 15) is 14.4 Å². The molecule has 3 amide bonds. The van der Waals surface area contributed by atoms with Crippen LogP contribution in [-0.2, 0) is 27.2 Å². The molecule has 4 rings (SSSR count). The van der Waals surface area contributed by atoms with E-state index >= 15 is 0 Å². The monoisotopic (exact) mass is 341 g/mol. The van der Waals surface area contributed by atoms with Gasteiger partial charge in [0.05, 0.1) is 11.8 Å². The molecule has 6 heteroatoms. The zero-order valence-corrected chi connectivity index (χ0v) is 14.2. The Kier molecular flexibility index (Phi) is 3.98. The largest absolute Gasteiger partial charge is 0.369 e. The number of aryl methyl sites for hydroxylation is 2. The predicted octanol–water partition coefficient (Wildman–Crippen LogP) is 0.862. The number of benzene rings is 1. The van der Waals surface area contributed by atoms with Crippen molar-refractivity contribution < 1.29 is 14.4 Å². The van der Waals surface area contributed by atoms with Crippen molar-refractivity contribution in [2.75, 3.05) is 24.5 Å². The molecule has 1 aromatic rings. The van der Waals surface area contributed by atoms with Gasteiger partial charge in [-0.1, -0.05) is 6.07 Å².